The second-order valence-corrected chi connectivity index (χ2v) is 5.89. The lowest BCUT2D eigenvalue weighted by atomic mass is 10.1. The molecule has 1 heterocycles. The monoisotopic (exact) mass is 367 g/mol. The van der Waals surface area contributed by atoms with Crippen LogP contribution in [0.5, 0.6) is 5.75 Å². The van der Waals surface area contributed by atoms with E-state index in [1.54, 1.807) is 36.4 Å². The fourth-order valence-electron chi connectivity index (χ4n) is 2.80. The number of fused-ring (bicyclic) bond motifs is 1. The molecule has 0 aliphatic carbocycles. The maximum atomic E-state index is 12.4. The number of carbonyl (C=O) groups is 4. The van der Waals surface area contributed by atoms with Crippen LogP contribution in [0, 0.1) is 0 Å². The Labute approximate surface area is 155 Å². The molecule has 0 fully saturated rings. The lowest BCUT2D eigenvalue weighted by Crippen LogP contribution is -2.37. The first-order valence-electron chi connectivity index (χ1n) is 8.11. The predicted octanol–water partition coefficient (Wildman–Crippen LogP) is 1.89. The van der Waals surface area contributed by atoms with E-state index >= 15 is 0 Å². The van der Waals surface area contributed by atoms with Crippen molar-refractivity contribution in [1.82, 2.24) is 4.90 Å². The second kappa shape index (κ2) is 7.28. The van der Waals surface area contributed by atoms with Gasteiger partial charge in [0.25, 0.3) is 11.8 Å². The summed E-state index contributed by atoms with van der Waals surface area (Å²) in [6.07, 6.45) is 0. The van der Waals surface area contributed by atoms with Crippen LogP contribution >= 0.6 is 0 Å². The highest BCUT2D eigenvalue weighted by atomic mass is 16.5. The molecule has 2 aromatic rings. The zero-order valence-corrected chi connectivity index (χ0v) is 14.7. The van der Waals surface area contributed by atoms with E-state index in [1.807, 2.05) is 0 Å². The Bertz CT molecular complexity index is 919. The van der Waals surface area contributed by atoms with E-state index in [0.29, 0.717) is 17.1 Å². The standard InChI is InChI=1S/C19H17N3O5/c1-11(23)20-12-7-8-16(27-2)15(9-12)21-17(24)10-22-18(25)13-5-3-4-6-14(13)19(22)26/h3-9H,10H2,1-2H3,(H,20,23)(H,21,24). The Morgan fingerprint density at radius 3 is 2.19 bits per heavy atom. The van der Waals surface area contributed by atoms with Gasteiger partial charge in [0.05, 0.1) is 23.9 Å². The van der Waals surface area contributed by atoms with Gasteiger partial charge in [0, 0.05) is 12.6 Å². The van der Waals surface area contributed by atoms with Gasteiger partial charge in [0.2, 0.25) is 11.8 Å². The van der Waals surface area contributed by atoms with Gasteiger partial charge in [-0.1, -0.05) is 12.1 Å². The van der Waals surface area contributed by atoms with Gasteiger partial charge in [0.15, 0.2) is 0 Å². The maximum Gasteiger partial charge on any atom is 0.262 e. The van der Waals surface area contributed by atoms with Gasteiger partial charge < -0.3 is 15.4 Å². The zero-order valence-electron chi connectivity index (χ0n) is 14.7. The molecule has 0 saturated carbocycles. The van der Waals surface area contributed by atoms with Crippen molar-refractivity contribution in [1.29, 1.82) is 0 Å². The predicted molar refractivity (Wildman–Crippen MR) is 97.7 cm³/mol. The van der Waals surface area contributed by atoms with Gasteiger partial charge in [-0.15, -0.1) is 0 Å². The van der Waals surface area contributed by atoms with E-state index in [-0.39, 0.29) is 17.0 Å². The highest BCUT2D eigenvalue weighted by molar-refractivity contribution is 6.22. The molecule has 0 bridgehead atoms. The molecule has 8 heteroatoms. The Balaban J connectivity index is 1.76. The number of hydrogen-bond donors (Lipinski definition) is 2. The smallest absolute Gasteiger partial charge is 0.262 e. The van der Waals surface area contributed by atoms with Crippen LogP contribution in [0.1, 0.15) is 27.6 Å². The van der Waals surface area contributed by atoms with E-state index in [0.717, 1.165) is 4.90 Å². The Kier molecular flexibility index (Phi) is 4.89. The summed E-state index contributed by atoms with van der Waals surface area (Å²) in [6, 6.07) is 11.2. The zero-order chi connectivity index (χ0) is 19.6. The van der Waals surface area contributed by atoms with E-state index in [9.17, 15) is 19.2 Å². The molecule has 138 valence electrons. The third-order valence-corrected chi connectivity index (χ3v) is 3.97. The van der Waals surface area contributed by atoms with Crippen molar-refractivity contribution in [2.24, 2.45) is 0 Å². The molecular formula is C19H17N3O5. The van der Waals surface area contributed by atoms with Crippen LogP contribution in [0.25, 0.3) is 0 Å². The minimum Gasteiger partial charge on any atom is -0.495 e. The highest BCUT2D eigenvalue weighted by Gasteiger charge is 2.36. The van der Waals surface area contributed by atoms with Crippen molar-refractivity contribution < 1.29 is 23.9 Å². The van der Waals surface area contributed by atoms with Gasteiger partial charge >= 0.3 is 0 Å². The number of nitrogens with one attached hydrogen (secondary N) is 2. The average molecular weight is 367 g/mol. The van der Waals surface area contributed by atoms with Crippen molar-refractivity contribution >= 4 is 35.0 Å². The lowest BCUT2D eigenvalue weighted by molar-refractivity contribution is -0.116. The van der Waals surface area contributed by atoms with Crippen LogP contribution in [-0.2, 0) is 9.59 Å². The first-order chi connectivity index (χ1) is 12.9. The van der Waals surface area contributed by atoms with Crippen molar-refractivity contribution in [3.8, 4) is 5.75 Å². The minimum atomic E-state index is -0.567. The number of imide groups is 1. The van der Waals surface area contributed by atoms with Crippen LogP contribution in [0.15, 0.2) is 42.5 Å². The molecule has 0 aromatic heterocycles. The summed E-state index contributed by atoms with van der Waals surface area (Å²) in [6.45, 7) is 0.935. The molecule has 2 aromatic carbocycles. The number of nitrogens with zero attached hydrogens (tertiary/aromatic N) is 1. The average Bonchev–Trinajstić information content (AvgIpc) is 2.87. The van der Waals surface area contributed by atoms with Crippen LogP contribution in [0.2, 0.25) is 0 Å². The number of methoxy groups -OCH3 is 1. The van der Waals surface area contributed by atoms with Crippen LogP contribution in [-0.4, -0.2) is 42.2 Å². The fraction of sp³-hybridized carbons (Fsp3) is 0.158. The molecule has 4 amide bonds. The van der Waals surface area contributed by atoms with E-state index in [1.165, 1.54) is 20.1 Å². The minimum absolute atomic E-state index is 0.261. The molecule has 1 aliphatic rings. The Hall–Kier alpha value is -3.68. The van der Waals surface area contributed by atoms with Crippen LogP contribution < -0.4 is 15.4 Å². The molecule has 0 radical (unpaired) electrons. The highest BCUT2D eigenvalue weighted by Crippen LogP contribution is 2.28. The van der Waals surface area contributed by atoms with Gasteiger partial charge in [-0.05, 0) is 30.3 Å². The fourth-order valence-corrected chi connectivity index (χ4v) is 2.80. The number of hydrogen-bond acceptors (Lipinski definition) is 5. The number of rotatable bonds is 5. The molecule has 2 N–H and O–H groups in total. The normalized spacial score (nSPS) is 12.6. The van der Waals surface area contributed by atoms with Crippen molar-refractivity contribution in [3.63, 3.8) is 0 Å². The van der Waals surface area contributed by atoms with Gasteiger partial charge in [-0.25, -0.2) is 0 Å². The topological polar surface area (TPSA) is 105 Å². The third kappa shape index (κ3) is 3.64. The van der Waals surface area contributed by atoms with Crippen molar-refractivity contribution in [2.75, 3.05) is 24.3 Å². The number of carbonyl (C=O) groups excluding carboxylic acids is 4. The van der Waals surface area contributed by atoms with E-state index in [2.05, 4.69) is 10.6 Å². The summed E-state index contributed by atoms with van der Waals surface area (Å²) < 4.78 is 5.19. The molecule has 0 saturated heterocycles. The second-order valence-electron chi connectivity index (χ2n) is 5.89. The Morgan fingerprint density at radius 2 is 1.63 bits per heavy atom. The summed E-state index contributed by atoms with van der Waals surface area (Å²) in [5.74, 6) is -1.47. The van der Waals surface area contributed by atoms with Gasteiger partial charge in [0.1, 0.15) is 12.3 Å². The lowest BCUT2D eigenvalue weighted by Gasteiger charge is -2.16. The molecule has 3 rings (SSSR count). The Morgan fingerprint density at radius 1 is 1.00 bits per heavy atom. The molecule has 0 spiro atoms. The third-order valence-electron chi connectivity index (χ3n) is 3.97. The van der Waals surface area contributed by atoms with E-state index < -0.39 is 24.3 Å². The molecule has 27 heavy (non-hydrogen) atoms. The number of ether oxygens (including phenoxy) is 1. The maximum absolute atomic E-state index is 12.4. The molecular weight excluding hydrogens is 350 g/mol. The summed E-state index contributed by atoms with van der Waals surface area (Å²) in [7, 11) is 1.44. The summed E-state index contributed by atoms with van der Waals surface area (Å²) in [5.41, 5.74) is 1.34. The number of amides is 4. The summed E-state index contributed by atoms with van der Waals surface area (Å²) in [5, 5.41) is 5.21. The van der Waals surface area contributed by atoms with E-state index in [4.69, 9.17) is 4.74 Å². The van der Waals surface area contributed by atoms with Crippen molar-refractivity contribution in [2.45, 2.75) is 6.92 Å². The molecule has 1 aliphatic heterocycles. The quantitative estimate of drug-likeness (QED) is 0.785. The first kappa shape index (κ1) is 18.1. The SMILES string of the molecule is COc1ccc(NC(C)=O)cc1NC(=O)CN1C(=O)c2ccccc2C1=O. The number of anilines is 2. The molecule has 0 unspecified atom stereocenters. The molecule has 0 atom stereocenters. The first-order valence-corrected chi connectivity index (χ1v) is 8.11. The van der Waals surface area contributed by atoms with Gasteiger partial charge in [-0.3, -0.25) is 24.1 Å². The van der Waals surface area contributed by atoms with Crippen molar-refractivity contribution in [3.05, 3.63) is 53.6 Å². The summed E-state index contributed by atoms with van der Waals surface area (Å²) >= 11 is 0. The van der Waals surface area contributed by atoms with Crippen LogP contribution in [0.4, 0.5) is 11.4 Å². The number of benzene rings is 2. The van der Waals surface area contributed by atoms with Crippen LogP contribution in [0.3, 0.4) is 0 Å². The summed E-state index contributed by atoms with van der Waals surface area (Å²) in [4.78, 5) is 49.2. The molecule has 8 nitrogen and oxygen atoms in total. The largest absolute Gasteiger partial charge is 0.495 e. The van der Waals surface area contributed by atoms with Gasteiger partial charge in [-0.2, -0.15) is 0 Å².